The Labute approximate surface area is 140 Å². The molecule has 0 spiro atoms. The molecule has 5 nitrogen and oxygen atoms in total. The van der Waals surface area contributed by atoms with Crippen LogP contribution in [0.5, 0.6) is 0 Å². The predicted octanol–water partition coefficient (Wildman–Crippen LogP) is 3.76. The van der Waals surface area contributed by atoms with E-state index in [0.29, 0.717) is 6.61 Å². The minimum atomic E-state index is -0.665. The van der Waals surface area contributed by atoms with Crippen molar-refractivity contribution in [2.24, 2.45) is 0 Å². The molecule has 0 aromatic rings. The molecule has 0 heterocycles. The van der Waals surface area contributed by atoms with Crippen LogP contribution in [0.1, 0.15) is 65.7 Å². The van der Waals surface area contributed by atoms with Crippen LogP contribution in [0.3, 0.4) is 0 Å². The first-order valence-electron chi connectivity index (χ1n) is 8.50. The van der Waals surface area contributed by atoms with Crippen molar-refractivity contribution in [1.82, 2.24) is 4.90 Å². The first-order chi connectivity index (χ1) is 11.0. The van der Waals surface area contributed by atoms with E-state index in [1.54, 1.807) is 13.8 Å². The largest absolute Gasteiger partial charge is 0.464 e. The minimum Gasteiger partial charge on any atom is -0.464 e. The number of ether oxygens (including phenoxy) is 2. The summed E-state index contributed by atoms with van der Waals surface area (Å²) in [7, 11) is 1.52. The molecule has 0 aliphatic heterocycles. The number of carbonyl (C=O) groups excluding carboxylic acids is 2. The fourth-order valence-corrected chi connectivity index (χ4v) is 1.94. The van der Waals surface area contributed by atoms with Crippen molar-refractivity contribution in [3.05, 3.63) is 0 Å². The van der Waals surface area contributed by atoms with E-state index in [1.807, 2.05) is 0 Å². The van der Waals surface area contributed by atoms with Gasteiger partial charge < -0.3 is 9.47 Å². The van der Waals surface area contributed by atoms with Crippen LogP contribution >= 0.6 is 0 Å². The number of likely N-dealkylation sites (N-methyl/N-ethyl adjacent to an activating group) is 1. The van der Waals surface area contributed by atoms with Gasteiger partial charge in [-0.15, -0.1) is 5.92 Å². The zero-order chi connectivity index (χ0) is 17.5. The standard InChI is InChI=1S/C18H31NO4/c1-5-7-9-10-11-12-13-15-22-17(20)16(3)19(4)18(21)23-14-8-6-2/h16H,5,7,9-15H2,1-4H3. The molecule has 0 aromatic heterocycles. The average Bonchev–Trinajstić information content (AvgIpc) is 2.55. The second kappa shape index (κ2) is 13.9. The van der Waals surface area contributed by atoms with E-state index >= 15 is 0 Å². The molecule has 0 N–H and O–H groups in total. The van der Waals surface area contributed by atoms with Gasteiger partial charge in [-0.2, -0.15) is 0 Å². The molecule has 0 radical (unpaired) electrons. The summed E-state index contributed by atoms with van der Waals surface area (Å²) < 4.78 is 10.1. The van der Waals surface area contributed by atoms with E-state index in [1.165, 1.54) is 44.1 Å². The quantitative estimate of drug-likeness (QED) is 0.330. The molecular weight excluding hydrogens is 294 g/mol. The number of unbranched alkanes of at least 4 members (excludes halogenated alkanes) is 6. The van der Waals surface area contributed by atoms with Crippen molar-refractivity contribution in [3.8, 4) is 11.8 Å². The first kappa shape index (κ1) is 21.3. The Bertz CT molecular complexity index is 398. The third-order valence-corrected chi connectivity index (χ3v) is 3.65. The lowest BCUT2D eigenvalue weighted by Gasteiger charge is -2.22. The summed E-state index contributed by atoms with van der Waals surface area (Å²) in [5.74, 6) is 4.86. The molecule has 5 heteroatoms. The number of esters is 1. The van der Waals surface area contributed by atoms with Gasteiger partial charge in [0.2, 0.25) is 0 Å². The van der Waals surface area contributed by atoms with Gasteiger partial charge in [0.05, 0.1) is 6.61 Å². The van der Waals surface area contributed by atoms with Gasteiger partial charge in [0, 0.05) is 7.05 Å². The molecule has 1 unspecified atom stereocenters. The average molecular weight is 325 g/mol. The summed E-state index contributed by atoms with van der Waals surface area (Å²) in [4.78, 5) is 24.8. The van der Waals surface area contributed by atoms with E-state index < -0.39 is 18.1 Å². The number of hydrogen-bond donors (Lipinski definition) is 0. The summed E-state index contributed by atoms with van der Waals surface area (Å²) in [5, 5.41) is 0. The lowest BCUT2D eigenvalue weighted by Crippen LogP contribution is -2.41. The number of amides is 1. The number of carbonyl (C=O) groups is 2. The highest BCUT2D eigenvalue weighted by molar-refractivity contribution is 5.80. The predicted molar refractivity (Wildman–Crippen MR) is 91.0 cm³/mol. The molecular formula is C18H31NO4. The minimum absolute atomic E-state index is 0.0273. The van der Waals surface area contributed by atoms with E-state index in [9.17, 15) is 9.59 Å². The molecule has 1 amide bonds. The normalized spacial score (nSPS) is 11.1. The maximum Gasteiger partial charge on any atom is 0.411 e. The Morgan fingerprint density at radius 1 is 1.04 bits per heavy atom. The monoisotopic (exact) mass is 325 g/mol. The van der Waals surface area contributed by atoms with E-state index in [2.05, 4.69) is 18.8 Å². The van der Waals surface area contributed by atoms with E-state index in [4.69, 9.17) is 9.47 Å². The fraction of sp³-hybridized carbons (Fsp3) is 0.778. The van der Waals surface area contributed by atoms with Gasteiger partial charge in [-0.3, -0.25) is 4.90 Å². The van der Waals surface area contributed by atoms with Crippen molar-refractivity contribution in [2.75, 3.05) is 20.3 Å². The van der Waals surface area contributed by atoms with Gasteiger partial charge in [0.25, 0.3) is 0 Å². The lowest BCUT2D eigenvalue weighted by molar-refractivity contribution is -0.148. The van der Waals surface area contributed by atoms with E-state index in [0.717, 1.165) is 12.8 Å². The summed E-state index contributed by atoms with van der Waals surface area (Å²) in [6.07, 6.45) is 7.60. The Morgan fingerprint density at radius 2 is 1.65 bits per heavy atom. The second-order valence-corrected chi connectivity index (χ2v) is 5.56. The van der Waals surface area contributed by atoms with Crippen LogP contribution in [-0.2, 0) is 14.3 Å². The van der Waals surface area contributed by atoms with Crippen LogP contribution in [0.4, 0.5) is 4.79 Å². The van der Waals surface area contributed by atoms with Crippen molar-refractivity contribution >= 4 is 12.1 Å². The molecule has 0 saturated carbocycles. The maximum absolute atomic E-state index is 11.9. The SMILES string of the molecule is CC#CCOC(=O)N(C)C(C)C(=O)OCCCCCCCCC. The molecule has 0 saturated heterocycles. The Hall–Kier alpha value is -1.70. The third-order valence-electron chi connectivity index (χ3n) is 3.65. The van der Waals surface area contributed by atoms with Crippen molar-refractivity contribution in [3.63, 3.8) is 0 Å². The third kappa shape index (κ3) is 10.6. The van der Waals surface area contributed by atoms with Gasteiger partial charge in [0.1, 0.15) is 6.04 Å². The van der Waals surface area contributed by atoms with Crippen molar-refractivity contribution in [2.45, 2.75) is 71.8 Å². The Morgan fingerprint density at radius 3 is 2.26 bits per heavy atom. The Balaban J connectivity index is 3.83. The summed E-state index contributed by atoms with van der Waals surface area (Å²) in [6.45, 7) is 5.92. The zero-order valence-corrected chi connectivity index (χ0v) is 15.0. The van der Waals surface area contributed by atoms with Crippen molar-refractivity contribution < 1.29 is 19.1 Å². The number of nitrogens with zero attached hydrogens (tertiary/aromatic N) is 1. The summed E-state index contributed by atoms with van der Waals surface area (Å²) in [6, 6.07) is -0.665. The molecule has 0 aromatic carbocycles. The summed E-state index contributed by atoms with van der Waals surface area (Å²) in [5.41, 5.74) is 0. The van der Waals surface area contributed by atoms with Crippen LogP contribution in [-0.4, -0.2) is 43.3 Å². The second-order valence-electron chi connectivity index (χ2n) is 5.56. The summed E-state index contributed by atoms with van der Waals surface area (Å²) >= 11 is 0. The highest BCUT2D eigenvalue weighted by atomic mass is 16.6. The topological polar surface area (TPSA) is 55.8 Å². The lowest BCUT2D eigenvalue weighted by atomic mass is 10.1. The highest BCUT2D eigenvalue weighted by Gasteiger charge is 2.24. The highest BCUT2D eigenvalue weighted by Crippen LogP contribution is 2.08. The Kier molecular flexibility index (Phi) is 12.9. The maximum atomic E-state index is 11.9. The molecule has 23 heavy (non-hydrogen) atoms. The van der Waals surface area contributed by atoms with Crippen LogP contribution in [0.15, 0.2) is 0 Å². The fourth-order valence-electron chi connectivity index (χ4n) is 1.94. The van der Waals surface area contributed by atoms with Gasteiger partial charge >= 0.3 is 12.1 Å². The molecule has 0 bridgehead atoms. The number of rotatable bonds is 11. The van der Waals surface area contributed by atoms with Gasteiger partial charge in [-0.1, -0.05) is 51.4 Å². The van der Waals surface area contributed by atoms with Gasteiger partial charge in [-0.25, -0.2) is 9.59 Å². The molecule has 0 fully saturated rings. The van der Waals surface area contributed by atoms with Crippen LogP contribution in [0.25, 0.3) is 0 Å². The number of hydrogen-bond acceptors (Lipinski definition) is 4. The van der Waals surface area contributed by atoms with Crippen molar-refractivity contribution in [1.29, 1.82) is 0 Å². The smallest absolute Gasteiger partial charge is 0.411 e. The first-order valence-corrected chi connectivity index (χ1v) is 8.50. The molecule has 132 valence electrons. The van der Waals surface area contributed by atoms with E-state index in [-0.39, 0.29) is 6.61 Å². The zero-order valence-electron chi connectivity index (χ0n) is 15.0. The van der Waals surface area contributed by atoms with Gasteiger partial charge in [-0.05, 0) is 20.3 Å². The molecule has 0 aliphatic rings. The van der Waals surface area contributed by atoms with Gasteiger partial charge in [0.15, 0.2) is 6.61 Å². The molecule has 1 atom stereocenters. The molecule has 0 rings (SSSR count). The van der Waals surface area contributed by atoms with Crippen LogP contribution < -0.4 is 0 Å². The molecule has 0 aliphatic carbocycles. The van der Waals surface area contributed by atoms with Crippen LogP contribution in [0, 0.1) is 11.8 Å². The van der Waals surface area contributed by atoms with Crippen LogP contribution in [0.2, 0.25) is 0 Å².